The molecule has 1 aromatic heterocycles. The van der Waals surface area contributed by atoms with Gasteiger partial charge in [-0.25, -0.2) is 4.79 Å². The monoisotopic (exact) mass is 307 g/mol. The van der Waals surface area contributed by atoms with Crippen molar-refractivity contribution in [2.24, 2.45) is 0 Å². The van der Waals surface area contributed by atoms with E-state index in [1.807, 2.05) is 37.3 Å². The van der Waals surface area contributed by atoms with E-state index in [0.29, 0.717) is 16.5 Å². The van der Waals surface area contributed by atoms with Gasteiger partial charge in [0.1, 0.15) is 0 Å². The lowest BCUT2D eigenvalue weighted by Crippen LogP contribution is -2.05. The summed E-state index contributed by atoms with van der Waals surface area (Å²) in [6, 6.07) is 9.36. The highest BCUT2D eigenvalue weighted by atomic mass is 35.5. The van der Waals surface area contributed by atoms with Gasteiger partial charge in [-0.3, -0.25) is 4.98 Å². The molecule has 0 amide bonds. The molecule has 0 saturated heterocycles. The second-order valence-electron chi connectivity index (χ2n) is 4.44. The predicted molar refractivity (Wildman–Crippen MR) is 81.7 cm³/mol. The molecule has 0 radical (unpaired) electrons. The van der Waals surface area contributed by atoms with Crippen LogP contribution in [0.5, 0.6) is 0 Å². The summed E-state index contributed by atoms with van der Waals surface area (Å²) in [5, 5.41) is 10.00. The highest BCUT2D eigenvalue weighted by Crippen LogP contribution is 2.29. The summed E-state index contributed by atoms with van der Waals surface area (Å²) in [6.07, 6.45) is 0. The number of benzene rings is 1. The SMILES string of the molecule is Cc1cc(SCc2ccc(Cl)cc2)c(C(=O)O)c(C)n1. The van der Waals surface area contributed by atoms with Crippen LogP contribution in [-0.2, 0) is 5.75 Å². The lowest BCUT2D eigenvalue weighted by Gasteiger charge is -2.09. The van der Waals surface area contributed by atoms with Gasteiger partial charge in [0.25, 0.3) is 0 Å². The average Bonchev–Trinajstić information content (AvgIpc) is 2.36. The highest BCUT2D eigenvalue weighted by Gasteiger charge is 2.15. The summed E-state index contributed by atoms with van der Waals surface area (Å²) >= 11 is 7.34. The first-order chi connectivity index (χ1) is 9.47. The van der Waals surface area contributed by atoms with Crippen molar-refractivity contribution in [3.05, 3.63) is 57.9 Å². The third kappa shape index (κ3) is 3.52. The number of aryl methyl sites for hydroxylation is 2. The van der Waals surface area contributed by atoms with Crippen LogP contribution in [0.2, 0.25) is 5.02 Å². The van der Waals surface area contributed by atoms with Crippen LogP contribution < -0.4 is 0 Å². The molecule has 0 bridgehead atoms. The van der Waals surface area contributed by atoms with Gasteiger partial charge in [-0.2, -0.15) is 0 Å². The zero-order chi connectivity index (χ0) is 14.7. The Morgan fingerprint density at radius 1 is 1.30 bits per heavy atom. The van der Waals surface area contributed by atoms with Gasteiger partial charge >= 0.3 is 5.97 Å². The molecule has 1 N–H and O–H groups in total. The van der Waals surface area contributed by atoms with Crippen molar-refractivity contribution in [1.29, 1.82) is 0 Å². The third-order valence-electron chi connectivity index (χ3n) is 2.81. The van der Waals surface area contributed by atoms with Gasteiger partial charge in [0, 0.05) is 21.4 Å². The van der Waals surface area contributed by atoms with Gasteiger partial charge in [-0.05, 0) is 37.6 Å². The van der Waals surface area contributed by atoms with E-state index in [9.17, 15) is 9.90 Å². The summed E-state index contributed by atoms with van der Waals surface area (Å²) in [4.78, 5) is 16.3. The van der Waals surface area contributed by atoms with Crippen LogP contribution in [0, 0.1) is 13.8 Å². The highest BCUT2D eigenvalue weighted by molar-refractivity contribution is 7.98. The quantitative estimate of drug-likeness (QED) is 0.854. The van der Waals surface area contributed by atoms with Crippen molar-refractivity contribution in [2.75, 3.05) is 0 Å². The van der Waals surface area contributed by atoms with E-state index in [4.69, 9.17) is 11.6 Å². The first-order valence-electron chi connectivity index (χ1n) is 6.06. The van der Waals surface area contributed by atoms with Crippen LogP contribution in [0.4, 0.5) is 0 Å². The summed E-state index contributed by atoms with van der Waals surface area (Å²) in [6.45, 7) is 3.59. The Morgan fingerprint density at radius 2 is 1.95 bits per heavy atom. The lowest BCUT2D eigenvalue weighted by molar-refractivity contribution is 0.0691. The molecule has 1 aromatic carbocycles. The lowest BCUT2D eigenvalue weighted by atomic mass is 10.2. The topological polar surface area (TPSA) is 50.2 Å². The molecule has 3 nitrogen and oxygen atoms in total. The Labute approximate surface area is 127 Å². The van der Waals surface area contributed by atoms with Crippen LogP contribution in [0.15, 0.2) is 35.2 Å². The molecule has 2 aromatic rings. The van der Waals surface area contributed by atoms with Gasteiger partial charge in [0.05, 0.1) is 11.3 Å². The molecule has 5 heteroatoms. The van der Waals surface area contributed by atoms with Gasteiger partial charge in [0.15, 0.2) is 0 Å². The molecule has 1 heterocycles. The molecule has 104 valence electrons. The molecular weight excluding hydrogens is 294 g/mol. The smallest absolute Gasteiger partial charge is 0.338 e. The number of thioether (sulfide) groups is 1. The van der Waals surface area contributed by atoms with Crippen molar-refractivity contribution < 1.29 is 9.90 Å². The van der Waals surface area contributed by atoms with E-state index in [2.05, 4.69) is 4.98 Å². The van der Waals surface area contributed by atoms with E-state index in [-0.39, 0.29) is 5.56 Å². The maximum Gasteiger partial charge on any atom is 0.338 e. The molecule has 0 atom stereocenters. The van der Waals surface area contributed by atoms with Crippen molar-refractivity contribution in [3.63, 3.8) is 0 Å². The van der Waals surface area contributed by atoms with Crippen LogP contribution in [-0.4, -0.2) is 16.1 Å². The first kappa shape index (κ1) is 14.9. The molecule has 0 unspecified atom stereocenters. The summed E-state index contributed by atoms with van der Waals surface area (Å²) in [5.41, 5.74) is 2.76. The number of hydrogen-bond acceptors (Lipinski definition) is 3. The van der Waals surface area contributed by atoms with Gasteiger partial charge in [0.2, 0.25) is 0 Å². The predicted octanol–water partition coefficient (Wildman–Crippen LogP) is 4.34. The fraction of sp³-hybridized carbons (Fsp3) is 0.200. The minimum absolute atomic E-state index is 0.287. The number of hydrogen-bond donors (Lipinski definition) is 1. The fourth-order valence-corrected chi connectivity index (χ4v) is 3.18. The Bertz CT molecular complexity index is 641. The third-order valence-corrected chi connectivity index (χ3v) is 4.18. The average molecular weight is 308 g/mol. The maximum absolute atomic E-state index is 11.3. The molecule has 20 heavy (non-hydrogen) atoms. The minimum atomic E-state index is -0.936. The van der Waals surface area contributed by atoms with Crippen molar-refractivity contribution in [2.45, 2.75) is 24.5 Å². The number of aromatic carboxylic acids is 1. The number of carboxylic acids is 1. The van der Waals surface area contributed by atoms with Crippen LogP contribution in [0.1, 0.15) is 27.3 Å². The van der Waals surface area contributed by atoms with E-state index >= 15 is 0 Å². The molecule has 0 spiro atoms. The molecule has 0 aliphatic carbocycles. The van der Waals surface area contributed by atoms with Gasteiger partial charge in [-0.1, -0.05) is 23.7 Å². The van der Waals surface area contributed by atoms with Crippen LogP contribution in [0.3, 0.4) is 0 Å². The summed E-state index contributed by atoms with van der Waals surface area (Å²) in [5.74, 6) is -0.242. The number of carbonyl (C=O) groups is 1. The maximum atomic E-state index is 11.3. The van der Waals surface area contributed by atoms with Crippen molar-refractivity contribution in [3.8, 4) is 0 Å². The van der Waals surface area contributed by atoms with Gasteiger partial charge < -0.3 is 5.11 Å². The second kappa shape index (κ2) is 6.29. The van der Waals surface area contributed by atoms with E-state index < -0.39 is 5.97 Å². The number of halogens is 1. The van der Waals surface area contributed by atoms with Crippen LogP contribution >= 0.6 is 23.4 Å². The van der Waals surface area contributed by atoms with Gasteiger partial charge in [-0.15, -0.1) is 11.8 Å². The number of pyridine rings is 1. The molecule has 0 aliphatic heterocycles. The molecule has 0 saturated carbocycles. The molecule has 2 rings (SSSR count). The van der Waals surface area contributed by atoms with E-state index in [1.165, 1.54) is 11.8 Å². The first-order valence-corrected chi connectivity index (χ1v) is 7.42. The van der Waals surface area contributed by atoms with Crippen molar-refractivity contribution >= 4 is 29.3 Å². The standard InChI is InChI=1S/C15H14ClNO2S/c1-9-7-13(14(15(18)19)10(2)17-9)20-8-11-3-5-12(16)6-4-11/h3-7H,8H2,1-2H3,(H,18,19). The summed E-state index contributed by atoms with van der Waals surface area (Å²) in [7, 11) is 0. The largest absolute Gasteiger partial charge is 0.478 e. The number of aromatic nitrogens is 1. The Morgan fingerprint density at radius 3 is 2.55 bits per heavy atom. The molecule has 0 fully saturated rings. The Kier molecular flexibility index (Phi) is 4.68. The second-order valence-corrected chi connectivity index (χ2v) is 5.90. The van der Waals surface area contributed by atoms with E-state index in [0.717, 1.165) is 16.2 Å². The van der Waals surface area contributed by atoms with Crippen molar-refractivity contribution in [1.82, 2.24) is 4.98 Å². The van der Waals surface area contributed by atoms with Crippen LogP contribution in [0.25, 0.3) is 0 Å². The normalized spacial score (nSPS) is 10.6. The molecular formula is C15H14ClNO2S. The summed E-state index contributed by atoms with van der Waals surface area (Å²) < 4.78 is 0. The minimum Gasteiger partial charge on any atom is -0.478 e. The fourth-order valence-electron chi connectivity index (χ4n) is 1.91. The Balaban J connectivity index is 2.24. The zero-order valence-corrected chi connectivity index (χ0v) is 12.8. The molecule has 0 aliphatic rings. The number of rotatable bonds is 4. The Hall–Kier alpha value is -1.52. The number of nitrogens with zero attached hydrogens (tertiary/aromatic N) is 1. The zero-order valence-electron chi connectivity index (χ0n) is 11.2. The van der Waals surface area contributed by atoms with E-state index in [1.54, 1.807) is 6.92 Å². The number of carboxylic acid groups (broad SMARTS) is 1.